The van der Waals surface area contributed by atoms with Crippen LogP contribution in [0.2, 0.25) is 0 Å². The Kier molecular flexibility index (Phi) is 4.72. The molecule has 8 heteroatoms. The Labute approximate surface area is 160 Å². The summed E-state index contributed by atoms with van der Waals surface area (Å²) >= 11 is 0. The van der Waals surface area contributed by atoms with E-state index in [2.05, 4.69) is 15.0 Å². The van der Waals surface area contributed by atoms with E-state index in [4.69, 9.17) is 5.73 Å². The van der Waals surface area contributed by atoms with Gasteiger partial charge in [-0.1, -0.05) is 0 Å². The number of aromatic nitrogens is 3. The van der Waals surface area contributed by atoms with Crippen LogP contribution in [0.3, 0.4) is 0 Å². The smallest absolute Gasteiger partial charge is 0.399 e. The van der Waals surface area contributed by atoms with Crippen molar-refractivity contribution < 1.29 is 13.2 Å². The first-order chi connectivity index (χ1) is 13.4. The number of benzene rings is 1. The second-order valence-electron chi connectivity index (χ2n) is 6.78. The molecule has 0 radical (unpaired) electrons. The Balaban J connectivity index is 1.53. The van der Waals surface area contributed by atoms with Crippen molar-refractivity contribution in [3.05, 3.63) is 71.3 Å². The monoisotopic (exact) mass is 385 g/mol. The van der Waals surface area contributed by atoms with Crippen molar-refractivity contribution in [3.8, 4) is 11.4 Å². The molecule has 28 heavy (non-hydrogen) atoms. The van der Waals surface area contributed by atoms with Gasteiger partial charge in [0.2, 0.25) is 0 Å². The number of hydrogen-bond acceptors (Lipinski definition) is 5. The van der Waals surface area contributed by atoms with Gasteiger partial charge in [-0.15, -0.1) is 0 Å². The Morgan fingerprint density at radius 3 is 2.61 bits per heavy atom. The van der Waals surface area contributed by atoms with Gasteiger partial charge in [0, 0.05) is 61.5 Å². The lowest BCUT2D eigenvalue weighted by Crippen LogP contribution is -2.31. The van der Waals surface area contributed by atoms with Crippen molar-refractivity contribution >= 4 is 5.69 Å². The molecule has 0 fully saturated rings. The van der Waals surface area contributed by atoms with Crippen molar-refractivity contribution in [3.63, 3.8) is 0 Å². The van der Waals surface area contributed by atoms with Crippen molar-refractivity contribution in [2.24, 2.45) is 0 Å². The summed E-state index contributed by atoms with van der Waals surface area (Å²) in [4.78, 5) is 14.9. The fourth-order valence-electron chi connectivity index (χ4n) is 3.35. The van der Waals surface area contributed by atoms with Gasteiger partial charge in [0.25, 0.3) is 0 Å². The quantitative estimate of drug-likeness (QED) is 0.697. The molecule has 0 amide bonds. The van der Waals surface area contributed by atoms with Crippen LogP contribution in [0.15, 0.2) is 48.9 Å². The molecular formula is C20H18F3N5. The molecule has 0 saturated carbocycles. The van der Waals surface area contributed by atoms with Crippen LogP contribution >= 0.6 is 0 Å². The average molecular weight is 385 g/mol. The van der Waals surface area contributed by atoms with Crippen LogP contribution in [0, 0.1) is 0 Å². The molecule has 0 atom stereocenters. The maximum atomic E-state index is 13.2. The second-order valence-corrected chi connectivity index (χ2v) is 6.78. The Morgan fingerprint density at radius 1 is 1.07 bits per heavy atom. The number of nitrogens with zero attached hydrogens (tertiary/aromatic N) is 4. The number of halogens is 3. The topological polar surface area (TPSA) is 67.9 Å². The van der Waals surface area contributed by atoms with Crippen molar-refractivity contribution in [1.29, 1.82) is 0 Å². The van der Waals surface area contributed by atoms with E-state index < -0.39 is 11.7 Å². The zero-order chi connectivity index (χ0) is 19.7. The molecule has 0 saturated heterocycles. The lowest BCUT2D eigenvalue weighted by molar-refractivity contribution is -0.138. The summed E-state index contributed by atoms with van der Waals surface area (Å²) in [5.41, 5.74) is 8.67. The largest absolute Gasteiger partial charge is 0.416 e. The molecule has 0 unspecified atom stereocenters. The molecule has 144 valence electrons. The first-order valence-corrected chi connectivity index (χ1v) is 8.83. The number of alkyl halides is 3. The highest BCUT2D eigenvalue weighted by Gasteiger charge is 2.33. The highest BCUT2D eigenvalue weighted by molar-refractivity contribution is 5.58. The molecule has 1 aromatic carbocycles. The Hall–Kier alpha value is -3.00. The fraction of sp³-hybridized carbons (Fsp3) is 0.250. The molecule has 3 heterocycles. The first kappa shape index (κ1) is 18.4. The van der Waals surface area contributed by atoms with E-state index in [0.717, 1.165) is 22.9 Å². The van der Waals surface area contributed by atoms with E-state index in [1.54, 1.807) is 18.3 Å². The van der Waals surface area contributed by atoms with Crippen LogP contribution in [-0.4, -0.2) is 26.4 Å². The number of nitrogen functional groups attached to an aromatic ring is 1. The molecule has 1 aliphatic rings. The van der Waals surface area contributed by atoms with E-state index in [-0.39, 0.29) is 12.1 Å². The lowest BCUT2D eigenvalue weighted by atomic mass is 10.0. The van der Waals surface area contributed by atoms with Gasteiger partial charge in [0.15, 0.2) is 5.82 Å². The highest BCUT2D eigenvalue weighted by Crippen LogP contribution is 2.32. The number of anilines is 1. The molecule has 2 aromatic heterocycles. The van der Waals surface area contributed by atoms with Gasteiger partial charge >= 0.3 is 6.18 Å². The van der Waals surface area contributed by atoms with E-state index in [0.29, 0.717) is 31.0 Å². The highest BCUT2D eigenvalue weighted by atomic mass is 19.4. The van der Waals surface area contributed by atoms with Crippen LogP contribution in [0.4, 0.5) is 18.9 Å². The zero-order valence-corrected chi connectivity index (χ0v) is 14.9. The second kappa shape index (κ2) is 7.20. The van der Waals surface area contributed by atoms with Gasteiger partial charge in [-0.2, -0.15) is 13.2 Å². The van der Waals surface area contributed by atoms with Crippen molar-refractivity contribution in [2.45, 2.75) is 25.7 Å². The average Bonchev–Trinajstić information content (AvgIpc) is 2.68. The van der Waals surface area contributed by atoms with Crippen molar-refractivity contribution in [2.75, 3.05) is 12.3 Å². The summed E-state index contributed by atoms with van der Waals surface area (Å²) in [6.45, 7) is 1.31. The van der Waals surface area contributed by atoms with E-state index >= 15 is 0 Å². The van der Waals surface area contributed by atoms with E-state index in [1.165, 1.54) is 12.4 Å². The first-order valence-electron chi connectivity index (χ1n) is 8.83. The third kappa shape index (κ3) is 3.82. The SMILES string of the molecule is Nc1ccc(-c2ncc3c(n2)CCN(Cc2cnccc2C(F)(F)F)C3)cc1. The van der Waals surface area contributed by atoms with E-state index in [1.807, 2.05) is 17.0 Å². The van der Waals surface area contributed by atoms with Gasteiger partial charge in [-0.25, -0.2) is 9.97 Å². The van der Waals surface area contributed by atoms with Gasteiger partial charge in [0.05, 0.1) is 11.3 Å². The van der Waals surface area contributed by atoms with Crippen LogP contribution < -0.4 is 5.73 Å². The minimum atomic E-state index is -4.39. The maximum Gasteiger partial charge on any atom is 0.416 e. The summed E-state index contributed by atoms with van der Waals surface area (Å²) in [7, 11) is 0. The van der Waals surface area contributed by atoms with Crippen LogP contribution in [0.5, 0.6) is 0 Å². The van der Waals surface area contributed by atoms with Crippen molar-refractivity contribution in [1.82, 2.24) is 19.9 Å². The molecule has 3 aromatic rings. The number of pyridine rings is 1. The molecular weight excluding hydrogens is 367 g/mol. The van der Waals surface area contributed by atoms with Crippen LogP contribution in [0.25, 0.3) is 11.4 Å². The summed E-state index contributed by atoms with van der Waals surface area (Å²) in [5, 5.41) is 0. The Morgan fingerprint density at radius 2 is 1.86 bits per heavy atom. The van der Waals surface area contributed by atoms with Gasteiger partial charge in [-0.05, 0) is 35.9 Å². The van der Waals surface area contributed by atoms with Crippen LogP contribution in [0.1, 0.15) is 22.4 Å². The molecule has 0 spiro atoms. The fourth-order valence-corrected chi connectivity index (χ4v) is 3.35. The minimum absolute atomic E-state index is 0.179. The molecule has 5 nitrogen and oxygen atoms in total. The van der Waals surface area contributed by atoms with Crippen LogP contribution in [-0.2, 0) is 25.7 Å². The number of hydrogen-bond donors (Lipinski definition) is 1. The number of rotatable bonds is 3. The zero-order valence-electron chi connectivity index (χ0n) is 14.9. The predicted molar refractivity (Wildman–Crippen MR) is 98.9 cm³/mol. The number of fused-ring (bicyclic) bond motifs is 1. The standard InChI is InChI=1S/C20H18F3N5/c21-20(22,23)17-5-7-25-9-14(17)11-28-8-6-18-15(12-28)10-26-19(27-18)13-1-3-16(24)4-2-13/h1-5,7,9-10H,6,8,11-12,24H2. The molecule has 2 N–H and O–H groups in total. The minimum Gasteiger partial charge on any atom is -0.399 e. The molecule has 4 rings (SSSR count). The number of nitrogens with two attached hydrogens (primary N) is 1. The summed E-state index contributed by atoms with van der Waals surface area (Å²) in [6, 6.07) is 8.35. The van der Waals surface area contributed by atoms with Gasteiger partial charge < -0.3 is 5.73 Å². The third-order valence-corrected chi connectivity index (χ3v) is 4.78. The normalized spacial score (nSPS) is 14.7. The Bertz CT molecular complexity index is 986. The summed E-state index contributed by atoms with van der Waals surface area (Å²) in [5.74, 6) is 0.624. The molecule has 1 aliphatic heterocycles. The van der Waals surface area contributed by atoms with Gasteiger partial charge in [-0.3, -0.25) is 9.88 Å². The molecule has 0 aliphatic carbocycles. The van der Waals surface area contributed by atoms with E-state index in [9.17, 15) is 13.2 Å². The third-order valence-electron chi connectivity index (χ3n) is 4.78. The van der Waals surface area contributed by atoms with Gasteiger partial charge in [0.1, 0.15) is 0 Å². The molecule has 0 bridgehead atoms. The summed E-state index contributed by atoms with van der Waals surface area (Å²) < 4.78 is 39.6. The summed E-state index contributed by atoms with van der Waals surface area (Å²) in [6.07, 6.45) is 0.488. The lowest BCUT2D eigenvalue weighted by Gasteiger charge is -2.28. The maximum absolute atomic E-state index is 13.2. The predicted octanol–water partition coefficient (Wildman–Crippen LogP) is 3.70.